The van der Waals surface area contributed by atoms with Crippen LogP contribution in [0.5, 0.6) is 5.75 Å². The second-order valence-corrected chi connectivity index (χ2v) is 7.93. The molecule has 2 amide bonds. The van der Waals surface area contributed by atoms with Crippen molar-refractivity contribution in [2.24, 2.45) is 5.41 Å². The Bertz CT molecular complexity index is 985. The summed E-state index contributed by atoms with van der Waals surface area (Å²) in [4.78, 5) is 28.9. The molecule has 4 rings (SSSR count). The van der Waals surface area contributed by atoms with E-state index in [1.807, 2.05) is 23.1 Å². The minimum Gasteiger partial charge on any atom is -0.481 e. The summed E-state index contributed by atoms with van der Waals surface area (Å²) in [5, 5.41) is 0. The summed E-state index contributed by atoms with van der Waals surface area (Å²) in [6.45, 7) is 6.32. The minimum atomic E-state index is -0.120. The molecule has 1 atom stereocenters. The number of likely N-dealkylation sites (tertiary alicyclic amines) is 2. The highest BCUT2D eigenvalue weighted by Gasteiger charge is 2.56. The van der Waals surface area contributed by atoms with Gasteiger partial charge in [-0.25, -0.2) is 0 Å². The van der Waals surface area contributed by atoms with Gasteiger partial charge in [0.15, 0.2) is 0 Å². The third-order valence-electron chi connectivity index (χ3n) is 6.06. The van der Waals surface area contributed by atoms with Crippen molar-refractivity contribution in [2.45, 2.75) is 5.92 Å². The second kappa shape index (κ2) is 8.08. The monoisotopic (exact) mass is 400 g/mol. The first-order valence-corrected chi connectivity index (χ1v) is 9.98. The number of carbonyl (C=O) groups excluding carboxylic acids is 2. The Morgan fingerprint density at radius 1 is 1.10 bits per heavy atom. The highest BCUT2D eigenvalue weighted by Crippen LogP contribution is 2.49. The van der Waals surface area contributed by atoms with E-state index in [0.717, 1.165) is 0 Å². The van der Waals surface area contributed by atoms with Crippen molar-refractivity contribution in [3.05, 3.63) is 78.4 Å². The van der Waals surface area contributed by atoms with Gasteiger partial charge in [0, 0.05) is 43.1 Å². The van der Waals surface area contributed by atoms with Crippen molar-refractivity contribution in [1.82, 2.24) is 9.80 Å². The summed E-state index contributed by atoms with van der Waals surface area (Å²) in [5.74, 6) is 3.19. The van der Waals surface area contributed by atoms with Crippen LogP contribution in [0, 0.1) is 17.8 Å². The van der Waals surface area contributed by atoms with Crippen LogP contribution in [-0.4, -0.2) is 54.4 Å². The maximum atomic E-state index is 13.2. The topological polar surface area (TPSA) is 49.9 Å². The van der Waals surface area contributed by atoms with Crippen LogP contribution in [0.15, 0.2) is 67.3 Å². The molecule has 2 heterocycles. The first-order chi connectivity index (χ1) is 14.6. The number of benzene rings is 2. The molecule has 0 bridgehead atoms. The van der Waals surface area contributed by atoms with Gasteiger partial charge in [-0.05, 0) is 35.9 Å². The first kappa shape index (κ1) is 19.8. The van der Waals surface area contributed by atoms with E-state index in [2.05, 4.69) is 24.6 Å². The molecule has 152 valence electrons. The molecule has 1 spiro atoms. The summed E-state index contributed by atoms with van der Waals surface area (Å²) < 4.78 is 5.39. The fourth-order valence-electron chi connectivity index (χ4n) is 4.59. The van der Waals surface area contributed by atoms with Gasteiger partial charge < -0.3 is 14.5 Å². The standard InChI is InChI=1S/C25H24N2O3/c1-3-14-30-21-12-10-20(11-13-21)24(29)26-15-22(19-8-6-5-7-9-19)25(16-26)17-27(18-25)23(28)4-2/h1,4-13,22H,2,14-18H2/t22-/m1/s1. The number of nitrogens with zero attached hydrogens (tertiary/aromatic N) is 2. The zero-order valence-corrected chi connectivity index (χ0v) is 16.8. The molecule has 2 fully saturated rings. The van der Waals surface area contributed by atoms with E-state index in [4.69, 9.17) is 11.2 Å². The predicted octanol–water partition coefficient (Wildman–Crippen LogP) is 2.95. The lowest BCUT2D eigenvalue weighted by atomic mass is 9.69. The van der Waals surface area contributed by atoms with Gasteiger partial charge in [-0.3, -0.25) is 9.59 Å². The molecule has 0 radical (unpaired) electrons. The van der Waals surface area contributed by atoms with Gasteiger partial charge in [-0.15, -0.1) is 6.42 Å². The maximum absolute atomic E-state index is 13.2. The van der Waals surface area contributed by atoms with Crippen LogP contribution < -0.4 is 4.74 Å². The van der Waals surface area contributed by atoms with Crippen LogP contribution in [-0.2, 0) is 4.79 Å². The van der Waals surface area contributed by atoms with E-state index in [1.165, 1.54) is 11.6 Å². The van der Waals surface area contributed by atoms with E-state index in [9.17, 15) is 9.59 Å². The summed E-state index contributed by atoms with van der Waals surface area (Å²) in [7, 11) is 0. The normalized spacial score (nSPS) is 19.1. The van der Waals surface area contributed by atoms with E-state index in [-0.39, 0.29) is 29.8 Å². The van der Waals surface area contributed by atoms with Crippen molar-refractivity contribution in [2.75, 3.05) is 32.8 Å². The average Bonchev–Trinajstić information content (AvgIpc) is 3.18. The quantitative estimate of drug-likeness (QED) is 0.573. The van der Waals surface area contributed by atoms with Gasteiger partial charge >= 0.3 is 0 Å². The highest BCUT2D eigenvalue weighted by molar-refractivity contribution is 5.95. The van der Waals surface area contributed by atoms with E-state index in [0.29, 0.717) is 37.5 Å². The number of rotatable bonds is 5. The largest absolute Gasteiger partial charge is 0.481 e. The number of carbonyl (C=O) groups is 2. The molecule has 2 aromatic rings. The van der Waals surface area contributed by atoms with E-state index in [1.54, 1.807) is 29.2 Å². The zero-order valence-electron chi connectivity index (χ0n) is 16.8. The Labute approximate surface area is 176 Å². The van der Waals surface area contributed by atoms with Crippen LogP contribution in [0.1, 0.15) is 21.8 Å². The van der Waals surface area contributed by atoms with Gasteiger partial charge in [0.2, 0.25) is 5.91 Å². The van der Waals surface area contributed by atoms with Crippen molar-refractivity contribution in [1.29, 1.82) is 0 Å². The third kappa shape index (κ3) is 3.57. The Morgan fingerprint density at radius 2 is 1.77 bits per heavy atom. The van der Waals surface area contributed by atoms with Gasteiger partial charge in [0.05, 0.1) is 0 Å². The number of ether oxygens (including phenoxy) is 1. The molecular weight excluding hydrogens is 376 g/mol. The molecule has 5 heteroatoms. The average molecular weight is 400 g/mol. The van der Waals surface area contributed by atoms with Gasteiger partial charge in [-0.2, -0.15) is 0 Å². The van der Waals surface area contributed by atoms with Gasteiger partial charge in [0.1, 0.15) is 12.4 Å². The lowest BCUT2D eigenvalue weighted by Gasteiger charge is -2.50. The van der Waals surface area contributed by atoms with Crippen molar-refractivity contribution in [3.63, 3.8) is 0 Å². The van der Waals surface area contributed by atoms with Crippen LogP contribution in [0.25, 0.3) is 0 Å². The Balaban J connectivity index is 1.54. The lowest BCUT2D eigenvalue weighted by molar-refractivity contribution is -0.137. The highest BCUT2D eigenvalue weighted by atomic mass is 16.5. The molecule has 0 aliphatic carbocycles. The molecule has 2 aliphatic heterocycles. The number of hydrogen-bond acceptors (Lipinski definition) is 3. The fraction of sp³-hybridized carbons (Fsp3) is 0.280. The predicted molar refractivity (Wildman–Crippen MR) is 115 cm³/mol. The van der Waals surface area contributed by atoms with Crippen molar-refractivity contribution < 1.29 is 14.3 Å². The Kier molecular flexibility index (Phi) is 5.33. The fourth-order valence-corrected chi connectivity index (χ4v) is 4.59. The summed E-state index contributed by atoms with van der Waals surface area (Å²) in [6, 6.07) is 17.3. The zero-order chi connectivity index (χ0) is 21.1. The van der Waals surface area contributed by atoms with Crippen LogP contribution >= 0.6 is 0 Å². The van der Waals surface area contributed by atoms with Crippen molar-refractivity contribution >= 4 is 11.8 Å². The van der Waals surface area contributed by atoms with Crippen molar-refractivity contribution in [3.8, 4) is 18.1 Å². The smallest absolute Gasteiger partial charge is 0.253 e. The Morgan fingerprint density at radius 3 is 2.40 bits per heavy atom. The van der Waals surface area contributed by atoms with E-state index < -0.39 is 0 Å². The maximum Gasteiger partial charge on any atom is 0.253 e. The van der Waals surface area contributed by atoms with Crippen LogP contribution in [0.2, 0.25) is 0 Å². The number of hydrogen-bond donors (Lipinski definition) is 0. The molecular formula is C25H24N2O3. The Hall–Kier alpha value is -3.52. The molecule has 0 N–H and O–H groups in total. The van der Waals surface area contributed by atoms with Gasteiger partial charge in [0.25, 0.3) is 5.91 Å². The summed E-state index contributed by atoms with van der Waals surface area (Å²) in [6.07, 6.45) is 6.57. The molecule has 2 saturated heterocycles. The summed E-state index contributed by atoms with van der Waals surface area (Å²) >= 11 is 0. The summed E-state index contributed by atoms with van der Waals surface area (Å²) in [5.41, 5.74) is 1.70. The molecule has 0 unspecified atom stereocenters. The molecule has 2 aromatic carbocycles. The minimum absolute atomic E-state index is 0.00944. The SMILES string of the molecule is C#CCOc1ccc(C(=O)N2C[C@H](c3ccccc3)C3(CN(C(=O)C=C)C3)C2)cc1. The number of terminal acetylenes is 1. The first-order valence-electron chi connectivity index (χ1n) is 9.98. The third-order valence-corrected chi connectivity index (χ3v) is 6.06. The lowest BCUT2D eigenvalue weighted by Crippen LogP contribution is -2.61. The molecule has 30 heavy (non-hydrogen) atoms. The molecule has 2 aliphatic rings. The second-order valence-electron chi connectivity index (χ2n) is 7.93. The number of amides is 2. The van der Waals surface area contributed by atoms with Crippen LogP contribution in [0.4, 0.5) is 0 Å². The van der Waals surface area contributed by atoms with E-state index >= 15 is 0 Å². The molecule has 5 nitrogen and oxygen atoms in total. The molecule has 0 aromatic heterocycles. The van der Waals surface area contributed by atoms with Crippen LogP contribution in [0.3, 0.4) is 0 Å². The van der Waals surface area contributed by atoms with Gasteiger partial charge in [-0.1, -0.05) is 42.8 Å². The molecule has 0 saturated carbocycles.